The third-order valence-corrected chi connectivity index (χ3v) is 3.71. The van der Waals surface area contributed by atoms with Gasteiger partial charge in [0.1, 0.15) is 0 Å². The zero-order chi connectivity index (χ0) is 13.2. The van der Waals surface area contributed by atoms with Gasteiger partial charge < -0.3 is 5.32 Å². The summed E-state index contributed by atoms with van der Waals surface area (Å²) in [6, 6.07) is 6.84. The molecular weight excluding hydrogens is 261 g/mol. The number of nitrogens with zero attached hydrogens (tertiary/aromatic N) is 1. The maximum absolute atomic E-state index is 12.3. The highest BCUT2D eigenvalue weighted by Crippen LogP contribution is 2.37. The average Bonchev–Trinajstić information content (AvgIpc) is 2.27. The molecule has 1 atom stereocenters. The van der Waals surface area contributed by atoms with Gasteiger partial charge in [-0.05, 0) is 36.5 Å². The lowest BCUT2D eigenvalue weighted by Gasteiger charge is -2.33. The number of likely N-dealkylation sites (N-methyl/N-ethyl adjacent to an activating group) is 1. The lowest BCUT2D eigenvalue weighted by atomic mass is 10.0. The number of hydrogen-bond acceptors (Lipinski definition) is 3. The van der Waals surface area contributed by atoms with E-state index in [4.69, 9.17) is 0 Å². The summed E-state index contributed by atoms with van der Waals surface area (Å²) in [5.74, 6) is 0. The Kier molecular flexibility index (Phi) is 4.19. The molecule has 1 fully saturated rings. The molecule has 1 N–H and O–H groups in total. The van der Waals surface area contributed by atoms with E-state index < -0.39 is 5.51 Å². The average molecular weight is 276 g/mol. The second-order valence-electron chi connectivity index (χ2n) is 4.32. The van der Waals surface area contributed by atoms with Crippen LogP contribution in [-0.4, -0.2) is 37.1 Å². The monoisotopic (exact) mass is 276 g/mol. The molecule has 1 unspecified atom stereocenters. The summed E-state index contributed by atoms with van der Waals surface area (Å²) < 4.78 is 37.0. The fourth-order valence-electron chi connectivity index (χ4n) is 2.10. The third-order valence-electron chi connectivity index (χ3n) is 2.99. The maximum atomic E-state index is 12.3. The van der Waals surface area contributed by atoms with E-state index in [1.165, 1.54) is 6.07 Å². The molecule has 100 valence electrons. The molecule has 0 aromatic heterocycles. The van der Waals surface area contributed by atoms with Crippen molar-refractivity contribution in [2.45, 2.75) is 16.4 Å². The van der Waals surface area contributed by atoms with E-state index >= 15 is 0 Å². The smallest absolute Gasteiger partial charge is 0.314 e. The minimum atomic E-state index is -4.23. The first-order valence-corrected chi connectivity index (χ1v) is 6.54. The molecule has 1 aromatic carbocycles. The van der Waals surface area contributed by atoms with Gasteiger partial charge in [-0.15, -0.1) is 0 Å². The van der Waals surface area contributed by atoms with Crippen molar-refractivity contribution in [3.8, 4) is 0 Å². The van der Waals surface area contributed by atoms with E-state index in [2.05, 4.69) is 10.2 Å². The van der Waals surface area contributed by atoms with Crippen molar-refractivity contribution in [3.63, 3.8) is 0 Å². The number of hydrogen-bond donors (Lipinski definition) is 1. The fourth-order valence-corrected chi connectivity index (χ4v) is 2.71. The van der Waals surface area contributed by atoms with E-state index in [0.29, 0.717) is 0 Å². The molecular formula is C12H15F3N2S. The highest BCUT2D eigenvalue weighted by molar-refractivity contribution is 8.00. The fraction of sp³-hybridized carbons (Fsp3) is 0.500. The van der Waals surface area contributed by atoms with Crippen LogP contribution in [0.2, 0.25) is 0 Å². The van der Waals surface area contributed by atoms with Gasteiger partial charge in [-0.2, -0.15) is 13.2 Å². The molecule has 6 heteroatoms. The highest BCUT2D eigenvalue weighted by Gasteiger charge is 2.29. The Labute approximate surface area is 109 Å². The molecule has 1 saturated heterocycles. The van der Waals surface area contributed by atoms with Gasteiger partial charge in [-0.3, -0.25) is 4.90 Å². The van der Waals surface area contributed by atoms with Crippen molar-refractivity contribution < 1.29 is 13.2 Å². The topological polar surface area (TPSA) is 15.3 Å². The molecule has 0 bridgehead atoms. The molecule has 2 rings (SSSR count). The van der Waals surface area contributed by atoms with E-state index in [0.717, 1.165) is 25.2 Å². The largest absolute Gasteiger partial charge is 0.446 e. The SMILES string of the molecule is CN1CCNCC1c1cccc(SC(F)(F)F)c1. The van der Waals surface area contributed by atoms with E-state index in [1.54, 1.807) is 12.1 Å². The Morgan fingerprint density at radius 2 is 2.17 bits per heavy atom. The first kappa shape index (κ1) is 13.7. The number of thioether (sulfide) groups is 1. The predicted molar refractivity (Wildman–Crippen MR) is 66.6 cm³/mol. The molecule has 0 saturated carbocycles. The molecule has 1 aliphatic rings. The maximum Gasteiger partial charge on any atom is 0.446 e. The van der Waals surface area contributed by atoms with Crippen LogP contribution < -0.4 is 5.32 Å². The molecule has 1 aliphatic heterocycles. The number of benzene rings is 1. The van der Waals surface area contributed by atoms with Crippen LogP contribution in [0.5, 0.6) is 0 Å². The van der Waals surface area contributed by atoms with Gasteiger partial charge in [-0.1, -0.05) is 12.1 Å². The Morgan fingerprint density at radius 3 is 2.83 bits per heavy atom. The van der Waals surface area contributed by atoms with E-state index in [1.807, 2.05) is 13.1 Å². The Bertz CT molecular complexity index is 409. The minimum absolute atomic E-state index is 0.0588. The van der Waals surface area contributed by atoms with Crippen LogP contribution in [0, 0.1) is 0 Å². The van der Waals surface area contributed by atoms with Gasteiger partial charge in [0.2, 0.25) is 0 Å². The van der Waals surface area contributed by atoms with Crippen molar-refractivity contribution >= 4 is 11.8 Å². The van der Waals surface area contributed by atoms with Crippen LogP contribution in [0.15, 0.2) is 29.2 Å². The van der Waals surface area contributed by atoms with E-state index in [-0.39, 0.29) is 22.7 Å². The lowest BCUT2D eigenvalue weighted by Crippen LogP contribution is -2.43. The van der Waals surface area contributed by atoms with Crippen LogP contribution in [0.4, 0.5) is 13.2 Å². The van der Waals surface area contributed by atoms with Gasteiger partial charge in [-0.25, -0.2) is 0 Å². The Hall–Kier alpha value is -0.720. The summed E-state index contributed by atoms with van der Waals surface area (Å²) in [5.41, 5.74) is -3.30. The zero-order valence-corrected chi connectivity index (χ0v) is 10.8. The summed E-state index contributed by atoms with van der Waals surface area (Å²) in [5, 5.41) is 3.26. The molecule has 0 amide bonds. The standard InChI is InChI=1S/C12H15F3N2S/c1-17-6-5-16-8-11(17)9-3-2-4-10(7-9)18-12(13,14)15/h2-4,7,11,16H,5-6,8H2,1H3. The molecule has 0 spiro atoms. The highest BCUT2D eigenvalue weighted by atomic mass is 32.2. The number of nitrogens with one attached hydrogen (secondary N) is 1. The summed E-state index contributed by atoms with van der Waals surface area (Å²) in [6.45, 7) is 2.60. The van der Waals surface area contributed by atoms with Crippen LogP contribution in [-0.2, 0) is 0 Å². The van der Waals surface area contributed by atoms with Crippen molar-refractivity contribution in [1.29, 1.82) is 0 Å². The van der Waals surface area contributed by atoms with Crippen molar-refractivity contribution in [1.82, 2.24) is 10.2 Å². The molecule has 0 radical (unpaired) electrons. The van der Waals surface area contributed by atoms with Crippen molar-refractivity contribution in [2.75, 3.05) is 26.7 Å². The minimum Gasteiger partial charge on any atom is -0.314 e. The second kappa shape index (κ2) is 5.50. The van der Waals surface area contributed by atoms with Crippen LogP contribution in [0.1, 0.15) is 11.6 Å². The number of piperazine rings is 1. The molecule has 2 nitrogen and oxygen atoms in total. The number of alkyl halides is 3. The number of rotatable bonds is 2. The van der Waals surface area contributed by atoms with Gasteiger partial charge in [0.25, 0.3) is 0 Å². The van der Waals surface area contributed by atoms with Crippen LogP contribution in [0.3, 0.4) is 0 Å². The van der Waals surface area contributed by atoms with Gasteiger partial charge in [0, 0.05) is 30.6 Å². The van der Waals surface area contributed by atoms with Crippen LogP contribution in [0.25, 0.3) is 0 Å². The summed E-state index contributed by atoms with van der Waals surface area (Å²) >= 11 is -0.0588. The first-order chi connectivity index (χ1) is 8.46. The third kappa shape index (κ3) is 3.63. The summed E-state index contributed by atoms with van der Waals surface area (Å²) in [4.78, 5) is 2.41. The molecule has 0 aliphatic carbocycles. The van der Waals surface area contributed by atoms with E-state index in [9.17, 15) is 13.2 Å². The Balaban J connectivity index is 2.16. The molecule has 18 heavy (non-hydrogen) atoms. The van der Waals surface area contributed by atoms with Crippen molar-refractivity contribution in [3.05, 3.63) is 29.8 Å². The molecule has 1 aromatic rings. The normalized spacial score (nSPS) is 22.1. The number of halogens is 3. The summed E-state index contributed by atoms with van der Waals surface area (Å²) in [7, 11) is 2.00. The molecule has 1 heterocycles. The summed E-state index contributed by atoms with van der Waals surface area (Å²) in [6.07, 6.45) is 0. The van der Waals surface area contributed by atoms with Crippen LogP contribution >= 0.6 is 11.8 Å². The van der Waals surface area contributed by atoms with Gasteiger partial charge >= 0.3 is 5.51 Å². The first-order valence-electron chi connectivity index (χ1n) is 5.72. The van der Waals surface area contributed by atoms with Gasteiger partial charge in [0.05, 0.1) is 0 Å². The Morgan fingerprint density at radius 1 is 1.39 bits per heavy atom. The quantitative estimate of drug-likeness (QED) is 0.836. The second-order valence-corrected chi connectivity index (χ2v) is 5.46. The van der Waals surface area contributed by atoms with Crippen molar-refractivity contribution in [2.24, 2.45) is 0 Å². The predicted octanol–water partition coefficient (Wildman–Crippen LogP) is 2.87. The lowest BCUT2D eigenvalue weighted by molar-refractivity contribution is -0.0328. The van der Waals surface area contributed by atoms with Gasteiger partial charge in [0.15, 0.2) is 0 Å². The zero-order valence-electron chi connectivity index (χ0n) is 10.00.